The number of hydrogen-bond acceptors (Lipinski definition) is 7. The van der Waals surface area contributed by atoms with Crippen molar-refractivity contribution in [1.82, 2.24) is 0 Å². The second kappa shape index (κ2) is 7.40. The highest BCUT2D eigenvalue weighted by Gasteiger charge is 2.48. The summed E-state index contributed by atoms with van der Waals surface area (Å²) in [6.45, 7) is 0. The van der Waals surface area contributed by atoms with Crippen LogP contribution in [0.15, 0.2) is 40.3 Å². The number of benzene rings is 1. The van der Waals surface area contributed by atoms with E-state index >= 15 is 0 Å². The van der Waals surface area contributed by atoms with Crippen molar-refractivity contribution in [3.05, 3.63) is 52.3 Å². The van der Waals surface area contributed by atoms with E-state index in [1.807, 2.05) is 0 Å². The van der Waals surface area contributed by atoms with Gasteiger partial charge in [-0.1, -0.05) is 11.6 Å². The minimum Gasteiger partial charge on any atom is -0.465 e. The monoisotopic (exact) mass is 416 g/mol. The van der Waals surface area contributed by atoms with Gasteiger partial charge < -0.3 is 18.6 Å². The van der Waals surface area contributed by atoms with Gasteiger partial charge in [-0.3, -0.25) is 0 Å². The lowest BCUT2D eigenvalue weighted by atomic mass is 10.1. The number of esters is 3. The van der Waals surface area contributed by atoms with Gasteiger partial charge in [0.25, 0.3) is 5.79 Å². The zero-order valence-electron chi connectivity index (χ0n) is 15.5. The molecule has 1 aromatic carbocycles. The fourth-order valence-corrected chi connectivity index (χ4v) is 3.66. The summed E-state index contributed by atoms with van der Waals surface area (Å²) < 4.78 is 21.2. The molecular formula is C21H17ClO7. The number of methoxy groups -OCH3 is 1. The predicted octanol–water partition coefficient (Wildman–Crippen LogP) is 4.14. The summed E-state index contributed by atoms with van der Waals surface area (Å²) in [5.41, 5.74) is 0.553. The molecular weight excluding hydrogens is 400 g/mol. The zero-order valence-corrected chi connectivity index (χ0v) is 16.3. The van der Waals surface area contributed by atoms with Crippen LogP contribution < -0.4 is 0 Å². The molecule has 2 aromatic rings. The SMILES string of the molecule is COC(=O)c1cc(-c2ccc(C=C3C(=O)OC4(CCCC4)OC3=O)o2)ccc1Cl. The van der Waals surface area contributed by atoms with Crippen LogP contribution in [0.25, 0.3) is 17.4 Å². The van der Waals surface area contributed by atoms with Crippen molar-refractivity contribution in [1.29, 1.82) is 0 Å². The number of carbonyl (C=O) groups excluding carboxylic acids is 3. The van der Waals surface area contributed by atoms with Crippen molar-refractivity contribution in [3.63, 3.8) is 0 Å². The lowest BCUT2D eigenvalue weighted by molar-refractivity contribution is -0.232. The third-order valence-electron chi connectivity index (χ3n) is 4.93. The molecule has 2 fully saturated rings. The first kappa shape index (κ1) is 19.3. The van der Waals surface area contributed by atoms with Gasteiger partial charge in [0.1, 0.15) is 17.1 Å². The number of furan rings is 1. The number of rotatable bonds is 3. The van der Waals surface area contributed by atoms with Gasteiger partial charge in [-0.05, 0) is 43.2 Å². The Morgan fingerprint density at radius 2 is 1.79 bits per heavy atom. The third-order valence-corrected chi connectivity index (χ3v) is 5.26. The number of halogens is 1. The van der Waals surface area contributed by atoms with E-state index in [2.05, 4.69) is 0 Å². The predicted molar refractivity (Wildman–Crippen MR) is 102 cm³/mol. The average Bonchev–Trinajstić information content (AvgIpc) is 3.34. The molecule has 1 saturated heterocycles. The van der Waals surface area contributed by atoms with Gasteiger partial charge in [-0.25, -0.2) is 14.4 Å². The largest absolute Gasteiger partial charge is 0.465 e. The molecule has 0 unspecified atom stereocenters. The van der Waals surface area contributed by atoms with Crippen molar-refractivity contribution in [3.8, 4) is 11.3 Å². The minimum absolute atomic E-state index is 0.198. The van der Waals surface area contributed by atoms with E-state index in [9.17, 15) is 14.4 Å². The van der Waals surface area contributed by atoms with Crippen molar-refractivity contribution in [2.24, 2.45) is 0 Å². The molecule has 1 aromatic heterocycles. The maximum Gasteiger partial charge on any atom is 0.349 e. The molecule has 7 nitrogen and oxygen atoms in total. The molecule has 29 heavy (non-hydrogen) atoms. The molecule has 0 N–H and O–H groups in total. The zero-order chi connectivity index (χ0) is 20.6. The Morgan fingerprint density at radius 3 is 2.45 bits per heavy atom. The van der Waals surface area contributed by atoms with Crippen molar-refractivity contribution in [2.45, 2.75) is 31.5 Å². The van der Waals surface area contributed by atoms with Crippen LogP contribution in [-0.2, 0) is 23.8 Å². The van der Waals surface area contributed by atoms with Gasteiger partial charge in [0.05, 0.1) is 17.7 Å². The van der Waals surface area contributed by atoms with E-state index in [4.69, 9.17) is 30.2 Å². The van der Waals surface area contributed by atoms with Crippen LogP contribution in [-0.4, -0.2) is 30.8 Å². The molecule has 8 heteroatoms. The van der Waals surface area contributed by atoms with Crippen molar-refractivity contribution in [2.75, 3.05) is 7.11 Å². The van der Waals surface area contributed by atoms with Gasteiger partial charge in [0, 0.05) is 24.5 Å². The van der Waals surface area contributed by atoms with Crippen LogP contribution in [0, 0.1) is 0 Å². The normalized spacial score (nSPS) is 17.8. The fraction of sp³-hybridized carbons (Fsp3) is 0.286. The Balaban J connectivity index is 1.59. The molecule has 2 aliphatic rings. The number of ether oxygens (including phenoxy) is 3. The first-order chi connectivity index (χ1) is 13.9. The van der Waals surface area contributed by atoms with Crippen LogP contribution in [0.2, 0.25) is 5.02 Å². The standard InChI is InChI=1S/C21H17ClO7/c1-26-18(23)14-10-12(4-6-16(14)22)17-7-5-13(27-17)11-15-19(24)28-21(29-20(15)25)8-2-3-9-21/h4-7,10-11H,2-3,8-9H2,1H3. The van der Waals surface area contributed by atoms with Crippen molar-refractivity contribution >= 4 is 35.6 Å². The maximum atomic E-state index is 12.3. The number of carbonyl (C=O) groups is 3. The summed E-state index contributed by atoms with van der Waals surface area (Å²) in [7, 11) is 1.26. The molecule has 0 radical (unpaired) electrons. The highest BCUT2D eigenvalue weighted by molar-refractivity contribution is 6.33. The van der Waals surface area contributed by atoms with E-state index in [-0.39, 0.29) is 21.9 Å². The molecule has 4 rings (SSSR count). The Hall–Kier alpha value is -3.06. The van der Waals surface area contributed by atoms with Crippen LogP contribution in [0.1, 0.15) is 41.8 Å². The summed E-state index contributed by atoms with van der Waals surface area (Å²) >= 11 is 6.03. The second-order valence-corrected chi connectivity index (χ2v) is 7.25. The summed E-state index contributed by atoms with van der Waals surface area (Å²) in [6.07, 6.45) is 4.00. The van der Waals surface area contributed by atoms with E-state index in [1.165, 1.54) is 19.3 Å². The van der Waals surface area contributed by atoms with Crippen molar-refractivity contribution < 1.29 is 33.0 Å². The minimum atomic E-state index is -1.12. The van der Waals surface area contributed by atoms with E-state index in [0.29, 0.717) is 24.2 Å². The van der Waals surface area contributed by atoms with Gasteiger partial charge in [-0.2, -0.15) is 0 Å². The van der Waals surface area contributed by atoms with Gasteiger partial charge in [-0.15, -0.1) is 0 Å². The maximum absolute atomic E-state index is 12.3. The van der Waals surface area contributed by atoms with Crippen LogP contribution in [0.4, 0.5) is 0 Å². The highest BCUT2D eigenvalue weighted by Crippen LogP contribution is 2.39. The molecule has 0 atom stereocenters. The molecule has 1 aliphatic carbocycles. The Bertz CT molecular complexity index is 1010. The molecule has 2 heterocycles. The first-order valence-electron chi connectivity index (χ1n) is 9.07. The van der Waals surface area contributed by atoms with Crippen LogP contribution in [0.3, 0.4) is 0 Å². The summed E-state index contributed by atoms with van der Waals surface area (Å²) in [5, 5.41) is 0.253. The summed E-state index contributed by atoms with van der Waals surface area (Å²) in [4.78, 5) is 36.5. The summed E-state index contributed by atoms with van der Waals surface area (Å²) in [5.74, 6) is -2.45. The topological polar surface area (TPSA) is 92.0 Å². The van der Waals surface area contributed by atoms with E-state index in [0.717, 1.165) is 12.8 Å². The van der Waals surface area contributed by atoms with Crippen LogP contribution >= 0.6 is 11.6 Å². The quantitative estimate of drug-likeness (QED) is 0.421. The highest BCUT2D eigenvalue weighted by atomic mass is 35.5. The lowest BCUT2D eigenvalue weighted by Crippen LogP contribution is -2.44. The molecule has 150 valence electrons. The van der Waals surface area contributed by atoms with Gasteiger partial charge in [0.2, 0.25) is 0 Å². The first-order valence-corrected chi connectivity index (χ1v) is 9.45. The molecule has 1 aliphatic heterocycles. The van der Waals surface area contributed by atoms with E-state index < -0.39 is 23.7 Å². The molecule has 1 spiro atoms. The molecule has 0 amide bonds. The Kier molecular flexibility index (Phi) is 4.92. The molecule has 1 saturated carbocycles. The smallest absolute Gasteiger partial charge is 0.349 e. The Morgan fingerprint density at radius 1 is 1.10 bits per heavy atom. The van der Waals surface area contributed by atoms with Crippen LogP contribution in [0.5, 0.6) is 0 Å². The molecule has 0 bridgehead atoms. The van der Waals surface area contributed by atoms with Gasteiger partial charge in [0.15, 0.2) is 0 Å². The second-order valence-electron chi connectivity index (χ2n) is 6.84. The van der Waals surface area contributed by atoms with E-state index in [1.54, 1.807) is 24.3 Å². The third kappa shape index (κ3) is 3.65. The lowest BCUT2D eigenvalue weighted by Gasteiger charge is -2.32. The Labute approximate surface area is 171 Å². The fourth-order valence-electron chi connectivity index (χ4n) is 3.46. The summed E-state index contributed by atoms with van der Waals surface area (Å²) in [6, 6.07) is 8.01. The average molecular weight is 417 g/mol. The van der Waals surface area contributed by atoms with Gasteiger partial charge >= 0.3 is 17.9 Å². The number of hydrogen-bond donors (Lipinski definition) is 0.